The Balaban J connectivity index is 1.16. The van der Waals surface area contributed by atoms with Crippen LogP contribution in [0.15, 0.2) is 67.2 Å². The minimum absolute atomic E-state index is 0.00136. The molecule has 3 aromatic rings. The molecule has 1 aliphatic carbocycles. The van der Waals surface area contributed by atoms with Crippen LogP contribution in [0, 0.1) is 18.8 Å². The lowest BCUT2D eigenvalue weighted by atomic mass is 9.91. The van der Waals surface area contributed by atoms with Crippen LogP contribution < -0.4 is 4.74 Å². The first-order valence-electron chi connectivity index (χ1n) is 17.3. The number of nitrogens with zero attached hydrogens (tertiary/aromatic N) is 1. The number of hydrogen-bond acceptors (Lipinski definition) is 4. The maximum atomic E-state index is 13.8. The van der Waals surface area contributed by atoms with Gasteiger partial charge in [-0.05, 0) is 117 Å². The van der Waals surface area contributed by atoms with Crippen molar-refractivity contribution in [3.05, 3.63) is 106 Å². The summed E-state index contributed by atoms with van der Waals surface area (Å²) in [6.45, 7) is 14.2. The van der Waals surface area contributed by atoms with Gasteiger partial charge in [-0.15, -0.1) is 0 Å². The number of hydrogen-bond donors (Lipinski definition) is 0. The zero-order valence-electron chi connectivity index (χ0n) is 28.3. The van der Waals surface area contributed by atoms with E-state index in [1.165, 1.54) is 29.5 Å². The topological polar surface area (TPSA) is 55.8 Å². The zero-order chi connectivity index (χ0) is 32.6. The van der Waals surface area contributed by atoms with Crippen LogP contribution in [0.3, 0.4) is 0 Å². The predicted octanol–water partition coefficient (Wildman–Crippen LogP) is 9.62. The van der Waals surface area contributed by atoms with Crippen molar-refractivity contribution in [2.75, 3.05) is 0 Å². The number of esters is 1. The fourth-order valence-electron chi connectivity index (χ4n) is 6.90. The largest absolute Gasteiger partial charge is 0.488 e. The van der Waals surface area contributed by atoms with E-state index in [-0.39, 0.29) is 23.9 Å². The molecule has 3 aromatic carbocycles. The maximum absolute atomic E-state index is 13.8. The van der Waals surface area contributed by atoms with Gasteiger partial charge in [0.05, 0.1) is 5.92 Å². The Morgan fingerprint density at radius 1 is 0.913 bits per heavy atom. The summed E-state index contributed by atoms with van der Waals surface area (Å²) in [7, 11) is 0. The number of benzene rings is 3. The molecule has 0 spiro atoms. The van der Waals surface area contributed by atoms with Gasteiger partial charge in [-0.3, -0.25) is 9.59 Å². The highest BCUT2D eigenvalue weighted by atomic mass is 16.5. The van der Waals surface area contributed by atoms with Crippen molar-refractivity contribution in [1.82, 2.24) is 4.90 Å². The number of fused-ring (bicyclic) bond motifs is 1. The fourth-order valence-corrected chi connectivity index (χ4v) is 6.90. The van der Waals surface area contributed by atoms with Gasteiger partial charge in [-0.25, -0.2) is 0 Å². The second kappa shape index (κ2) is 15.6. The normalized spacial score (nSPS) is 15.2. The molecular formula is C41H51NO4. The van der Waals surface area contributed by atoms with Gasteiger partial charge in [0.25, 0.3) is 5.91 Å². The van der Waals surface area contributed by atoms with Crippen LogP contribution in [0.5, 0.6) is 5.75 Å². The summed E-state index contributed by atoms with van der Waals surface area (Å²) in [5.41, 5.74) is 8.16. The monoisotopic (exact) mass is 621 g/mol. The Labute approximate surface area is 276 Å². The minimum atomic E-state index is -0.00136. The number of carbonyl (C=O) groups excluding carboxylic acids is 2. The predicted molar refractivity (Wildman–Crippen MR) is 186 cm³/mol. The highest BCUT2D eigenvalue weighted by Crippen LogP contribution is 2.33. The lowest BCUT2D eigenvalue weighted by molar-refractivity contribution is -0.154. The Bertz CT molecular complexity index is 1520. The van der Waals surface area contributed by atoms with Crippen molar-refractivity contribution >= 4 is 17.4 Å². The quantitative estimate of drug-likeness (QED) is 0.133. The van der Waals surface area contributed by atoms with Gasteiger partial charge in [-0.1, -0.05) is 75.4 Å². The molecule has 5 nitrogen and oxygen atoms in total. The molecule has 0 aromatic heterocycles. The summed E-state index contributed by atoms with van der Waals surface area (Å²) in [6, 6.07) is 20.7. The van der Waals surface area contributed by atoms with Crippen LogP contribution in [0.2, 0.25) is 0 Å². The van der Waals surface area contributed by atoms with Gasteiger partial charge in [0, 0.05) is 24.2 Å². The molecule has 0 saturated heterocycles. The van der Waals surface area contributed by atoms with E-state index in [0.717, 1.165) is 73.0 Å². The summed E-state index contributed by atoms with van der Waals surface area (Å²) < 4.78 is 12.1. The average Bonchev–Trinajstić information content (AvgIpc) is 3.71. The Morgan fingerprint density at radius 2 is 1.65 bits per heavy atom. The van der Waals surface area contributed by atoms with Crippen LogP contribution in [0.1, 0.15) is 116 Å². The highest BCUT2D eigenvalue weighted by molar-refractivity contribution is 5.97. The molecule has 1 heterocycles. The maximum Gasteiger partial charge on any atom is 0.309 e. The fraction of sp³-hybridized carbons (Fsp3) is 0.463. The summed E-state index contributed by atoms with van der Waals surface area (Å²) in [5.74, 6) is 1.28. The summed E-state index contributed by atoms with van der Waals surface area (Å²) >= 11 is 0. The van der Waals surface area contributed by atoms with Crippen molar-refractivity contribution in [1.29, 1.82) is 0 Å². The van der Waals surface area contributed by atoms with E-state index in [9.17, 15) is 9.59 Å². The van der Waals surface area contributed by atoms with Gasteiger partial charge in [0.15, 0.2) is 0 Å². The molecule has 0 N–H and O–H groups in total. The molecule has 0 bridgehead atoms. The molecule has 0 radical (unpaired) electrons. The Hall–Kier alpha value is -3.86. The van der Waals surface area contributed by atoms with Crippen molar-refractivity contribution in [3.8, 4) is 5.75 Å². The van der Waals surface area contributed by atoms with Crippen LogP contribution in [0.4, 0.5) is 0 Å². The van der Waals surface area contributed by atoms with Gasteiger partial charge < -0.3 is 14.4 Å². The molecule has 1 atom stereocenters. The smallest absolute Gasteiger partial charge is 0.309 e. The second-order valence-corrected chi connectivity index (χ2v) is 13.9. The van der Waals surface area contributed by atoms with E-state index in [1.807, 2.05) is 61.2 Å². The first kappa shape index (κ1) is 33.5. The van der Waals surface area contributed by atoms with Crippen molar-refractivity contribution < 1.29 is 19.1 Å². The van der Waals surface area contributed by atoms with Gasteiger partial charge in [0.2, 0.25) is 0 Å². The molecule has 5 rings (SSSR count). The summed E-state index contributed by atoms with van der Waals surface area (Å²) in [4.78, 5) is 28.7. The standard InChI is InChI=1S/C41H51NO4/c1-28(2)21-33(41(44)46-36-17-11-12-18-36)16-10-9-13-31-19-20-34-25-42(26-35(34)23-31)40(43)38-24-37(29(3)4)39(22-30(38)5)45-27-32-14-7-6-8-15-32/h6-8,14-15,19-20,22-24,28,33,36H,3,9-13,16-18,21,25-27H2,1-2,4-5H3/t33-/m0/s1. The first-order chi connectivity index (χ1) is 22.2. The van der Waals surface area contributed by atoms with E-state index in [1.54, 1.807) is 0 Å². The van der Waals surface area contributed by atoms with Crippen molar-refractivity contribution in [2.45, 2.75) is 111 Å². The number of unbranched alkanes of at least 4 members (excludes halogenated alkanes) is 1. The number of ether oxygens (including phenoxy) is 2. The lowest BCUT2D eigenvalue weighted by Crippen LogP contribution is -2.26. The molecule has 1 saturated carbocycles. The number of amides is 1. The summed E-state index contributed by atoms with van der Waals surface area (Å²) in [6.07, 6.45) is 9.32. The molecular weight excluding hydrogens is 570 g/mol. The molecule has 244 valence electrons. The first-order valence-corrected chi connectivity index (χ1v) is 17.3. The number of carbonyl (C=O) groups is 2. The summed E-state index contributed by atoms with van der Waals surface area (Å²) in [5, 5.41) is 0. The van der Waals surface area contributed by atoms with Gasteiger partial charge >= 0.3 is 5.97 Å². The Kier molecular flexibility index (Phi) is 11.4. The van der Waals surface area contributed by atoms with E-state index in [2.05, 4.69) is 38.6 Å². The molecule has 2 aliphatic rings. The van der Waals surface area contributed by atoms with Crippen LogP contribution in [-0.4, -0.2) is 22.9 Å². The molecule has 46 heavy (non-hydrogen) atoms. The van der Waals surface area contributed by atoms with Crippen molar-refractivity contribution in [3.63, 3.8) is 0 Å². The zero-order valence-corrected chi connectivity index (χ0v) is 28.3. The number of aryl methyl sites for hydroxylation is 2. The number of allylic oxidation sites excluding steroid dienone is 1. The van der Waals surface area contributed by atoms with Crippen LogP contribution >= 0.6 is 0 Å². The third-order valence-electron chi connectivity index (χ3n) is 9.48. The molecule has 1 amide bonds. The number of rotatable bonds is 14. The highest BCUT2D eigenvalue weighted by Gasteiger charge is 2.28. The van der Waals surface area contributed by atoms with E-state index in [0.29, 0.717) is 31.2 Å². The van der Waals surface area contributed by atoms with Gasteiger partial charge in [0.1, 0.15) is 18.5 Å². The lowest BCUT2D eigenvalue weighted by Gasteiger charge is -2.20. The van der Waals surface area contributed by atoms with Crippen LogP contribution in [-0.2, 0) is 35.6 Å². The third kappa shape index (κ3) is 8.69. The molecule has 0 unspecified atom stereocenters. The van der Waals surface area contributed by atoms with E-state index >= 15 is 0 Å². The molecule has 1 aliphatic heterocycles. The second-order valence-electron chi connectivity index (χ2n) is 13.9. The van der Waals surface area contributed by atoms with Crippen LogP contribution in [0.25, 0.3) is 5.57 Å². The SMILES string of the molecule is C=C(C)c1cc(C(=O)N2Cc3ccc(CCCC[C@@H](CC(C)C)C(=O)OC4CCCC4)cc3C2)c(C)cc1OCc1ccccc1. The van der Waals surface area contributed by atoms with Crippen molar-refractivity contribution in [2.24, 2.45) is 11.8 Å². The molecule has 1 fully saturated rings. The molecule has 5 heteroatoms. The minimum Gasteiger partial charge on any atom is -0.488 e. The third-order valence-corrected chi connectivity index (χ3v) is 9.48. The average molecular weight is 622 g/mol. The van der Waals surface area contributed by atoms with E-state index in [4.69, 9.17) is 9.47 Å². The van der Waals surface area contributed by atoms with Gasteiger partial charge in [-0.2, -0.15) is 0 Å². The Morgan fingerprint density at radius 3 is 2.37 bits per heavy atom. The van der Waals surface area contributed by atoms with E-state index < -0.39 is 0 Å².